The van der Waals surface area contributed by atoms with Gasteiger partial charge in [0.1, 0.15) is 0 Å². The summed E-state index contributed by atoms with van der Waals surface area (Å²) in [5.41, 5.74) is 2.56. The fourth-order valence-corrected chi connectivity index (χ4v) is 3.36. The molecule has 3 rings (SSSR count). The van der Waals surface area contributed by atoms with E-state index in [0.29, 0.717) is 0 Å². The van der Waals surface area contributed by atoms with Gasteiger partial charge in [-0.3, -0.25) is 0 Å². The second kappa shape index (κ2) is 9.91. The number of benzene rings is 2. The first-order chi connectivity index (χ1) is 11.1. The predicted molar refractivity (Wildman–Crippen MR) is 108 cm³/mol. The molecule has 0 saturated heterocycles. The van der Waals surface area contributed by atoms with Crippen molar-refractivity contribution in [3.05, 3.63) is 82.4 Å². The Morgan fingerprint density at radius 2 is 1.48 bits per heavy atom. The van der Waals surface area contributed by atoms with E-state index in [4.69, 9.17) is 0 Å². The van der Waals surface area contributed by atoms with Crippen molar-refractivity contribution < 1.29 is 19.4 Å². The Bertz CT molecular complexity index is 767. The monoisotopic (exact) mass is 712 g/mol. The van der Waals surface area contributed by atoms with Gasteiger partial charge >= 0.3 is 87.8 Å². The molecule has 0 N–H and O–H groups in total. The minimum absolute atomic E-state index is 1.00. The van der Waals surface area contributed by atoms with E-state index in [1.165, 1.54) is 15.1 Å². The van der Waals surface area contributed by atoms with Gasteiger partial charge in [0.05, 0.1) is 0 Å². The van der Waals surface area contributed by atoms with Gasteiger partial charge in [0, 0.05) is 52.3 Å². The molecule has 23 heavy (non-hydrogen) atoms. The number of aryl methyl sites for hydroxylation is 1. The second-order valence-electron chi connectivity index (χ2n) is 4.80. The number of rotatable bonds is 3. The zero-order chi connectivity index (χ0) is 16.7. The van der Waals surface area contributed by atoms with E-state index < -0.39 is 0 Å². The van der Waals surface area contributed by atoms with Crippen LogP contribution >= 0.6 is 45.7 Å². The van der Waals surface area contributed by atoms with Crippen LogP contribution in [0.1, 0.15) is 5.56 Å². The molecule has 3 aromatic rings. The van der Waals surface area contributed by atoms with Crippen molar-refractivity contribution in [2.75, 3.05) is 0 Å². The van der Waals surface area contributed by atoms with E-state index >= 15 is 0 Å². The third kappa shape index (κ3) is 6.29. The molecule has 0 saturated carbocycles. The summed E-state index contributed by atoms with van der Waals surface area (Å²) in [6.07, 6.45) is 4.12. The van der Waals surface area contributed by atoms with Crippen molar-refractivity contribution in [3.8, 4) is 5.69 Å². The standard InChI is InChI=1S/C10H10N2.C7H7I2N.Pt/c1-11-7-8-12(9-11)10-5-3-2-4-6-10;8-10(9)6-7-4-2-1-3-5-7;/h2-8H,1H3;1-5H,6H2;. The quantitative estimate of drug-likeness (QED) is 0.273. The Hall–Kier alpha value is -0.242. The molecular formula is C17H17I2N3Pt. The molecule has 124 valence electrons. The van der Waals surface area contributed by atoms with Crippen LogP contribution in [0.3, 0.4) is 0 Å². The summed E-state index contributed by atoms with van der Waals surface area (Å²) >= 11 is 6.84. The van der Waals surface area contributed by atoms with E-state index in [-0.39, 0.29) is 0 Å². The number of aromatic nitrogens is 2. The number of hydrogen-bond donors (Lipinski definition) is 0. The molecule has 2 aromatic carbocycles. The maximum absolute atomic E-state index is 2.31. The van der Waals surface area contributed by atoms with E-state index in [2.05, 4.69) is 124 Å². The minimum atomic E-state index is 1.00. The Balaban J connectivity index is 0.000000174. The molecule has 0 amide bonds. The third-order valence-corrected chi connectivity index (χ3v) is 5.10. The van der Waals surface area contributed by atoms with E-state index in [1.54, 1.807) is 0 Å². The average molecular weight is 712 g/mol. The molecule has 6 heteroatoms. The fraction of sp³-hybridized carbons (Fsp3) is 0.118. The summed E-state index contributed by atoms with van der Waals surface area (Å²) in [5, 5.41) is 0. The van der Waals surface area contributed by atoms with Gasteiger partial charge in [0.25, 0.3) is 0 Å². The van der Waals surface area contributed by atoms with Gasteiger partial charge in [-0.05, 0) is 5.56 Å². The molecule has 0 atom stereocenters. The Labute approximate surface area is 175 Å². The average Bonchev–Trinajstić information content (AvgIpc) is 2.89. The molecule has 1 aromatic heterocycles. The zero-order valence-electron chi connectivity index (χ0n) is 12.5. The van der Waals surface area contributed by atoms with Crippen molar-refractivity contribution in [2.45, 2.75) is 6.54 Å². The van der Waals surface area contributed by atoms with Crippen LogP contribution in [0.25, 0.3) is 5.69 Å². The summed E-state index contributed by atoms with van der Waals surface area (Å²) in [4.78, 5) is 0. The van der Waals surface area contributed by atoms with E-state index in [1.807, 2.05) is 31.3 Å². The van der Waals surface area contributed by atoms with E-state index in [9.17, 15) is 0 Å². The summed E-state index contributed by atoms with van der Waals surface area (Å²) in [6.45, 7) is 1.00. The maximum atomic E-state index is 2.31. The van der Waals surface area contributed by atoms with Crippen molar-refractivity contribution in [3.63, 3.8) is 0 Å². The largest absolute Gasteiger partial charge is 0.184 e. The fourth-order valence-electron chi connectivity index (χ4n) is 1.95. The molecule has 0 aliphatic carbocycles. The van der Waals surface area contributed by atoms with Crippen molar-refractivity contribution >= 4 is 45.7 Å². The van der Waals surface area contributed by atoms with Crippen molar-refractivity contribution in [1.82, 2.24) is 10.5 Å². The number of imidazole rings is 1. The first-order valence-corrected chi connectivity index (χ1v) is 10.0. The smallest absolute Gasteiger partial charge is 0.0435 e. The van der Waals surface area contributed by atoms with Crippen LogP contribution in [0.2, 0.25) is 0 Å². The first-order valence-electron chi connectivity index (χ1n) is 6.96. The molecule has 0 spiro atoms. The SMILES string of the molecule is Cn1ccn(-c2ccccc2)[c]1=[Pt].IN(I)Cc1ccccc1. The summed E-state index contributed by atoms with van der Waals surface area (Å²) in [5.74, 6) is 0. The molecule has 1 heterocycles. The van der Waals surface area contributed by atoms with Gasteiger partial charge in [-0.2, -0.15) is 1.33 Å². The molecule has 0 radical (unpaired) electrons. The van der Waals surface area contributed by atoms with Crippen molar-refractivity contribution in [2.24, 2.45) is 7.05 Å². The van der Waals surface area contributed by atoms with Gasteiger partial charge in [-0.25, -0.2) is 0 Å². The van der Waals surface area contributed by atoms with Crippen molar-refractivity contribution in [1.29, 1.82) is 0 Å². The van der Waals surface area contributed by atoms with Crippen LogP contribution in [0.5, 0.6) is 0 Å². The predicted octanol–water partition coefficient (Wildman–Crippen LogP) is 5.08. The number of halogens is 2. The topological polar surface area (TPSA) is 13.1 Å². The van der Waals surface area contributed by atoms with E-state index in [0.717, 1.165) is 6.54 Å². The summed E-state index contributed by atoms with van der Waals surface area (Å²) in [6, 6.07) is 20.7. The Morgan fingerprint density at radius 1 is 0.913 bits per heavy atom. The molecule has 0 aliphatic heterocycles. The maximum Gasteiger partial charge on any atom is 0.0435 e. The van der Waals surface area contributed by atoms with Crippen LogP contribution in [0.15, 0.2) is 73.1 Å². The first kappa shape index (κ1) is 19.1. The summed E-state index contributed by atoms with van der Waals surface area (Å²) < 4.78 is 7.55. The number of hydrogen-bond acceptors (Lipinski definition) is 1. The number of para-hydroxylation sites is 1. The second-order valence-corrected chi connectivity index (χ2v) is 9.99. The number of nitrogens with zero attached hydrogens (tertiary/aromatic N) is 3. The third-order valence-electron chi connectivity index (χ3n) is 3.07. The Morgan fingerprint density at radius 3 is 1.96 bits per heavy atom. The van der Waals surface area contributed by atoms with Crippen LogP contribution < -0.4 is 0 Å². The van der Waals surface area contributed by atoms with Crippen LogP contribution in [-0.2, 0) is 32.9 Å². The molecule has 0 unspecified atom stereocenters. The summed E-state index contributed by atoms with van der Waals surface area (Å²) in [7, 11) is 2.04. The van der Waals surface area contributed by atoms with Gasteiger partial charge < -0.3 is 0 Å². The Kier molecular flexibility index (Phi) is 8.22. The van der Waals surface area contributed by atoms with Crippen LogP contribution in [0.4, 0.5) is 0 Å². The molecule has 0 aliphatic rings. The molecule has 0 bridgehead atoms. The van der Waals surface area contributed by atoms with Crippen LogP contribution in [0, 0.1) is 3.80 Å². The normalized spacial score (nSPS) is 10.3. The van der Waals surface area contributed by atoms with Gasteiger partial charge in [-0.1, -0.05) is 30.3 Å². The van der Waals surface area contributed by atoms with Gasteiger partial charge in [0.2, 0.25) is 0 Å². The minimum Gasteiger partial charge on any atom is -0.184 e. The molecular weight excluding hydrogens is 695 g/mol. The van der Waals surface area contributed by atoms with Gasteiger partial charge in [-0.15, -0.1) is 0 Å². The van der Waals surface area contributed by atoms with Crippen LogP contribution in [-0.4, -0.2) is 10.5 Å². The zero-order valence-corrected chi connectivity index (χ0v) is 19.1. The van der Waals surface area contributed by atoms with Gasteiger partial charge in [0.15, 0.2) is 0 Å². The molecule has 0 fully saturated rings. The molecule has 3 nitrogen and oxygen atoms in total.